The van der Waals surface area contributed by atoms with Crippen LogP contribution in [0.1, 0.15) is 52.9 Å². The Hall–Kier alpha value is -0.160. The third-order valence-electron chi connectivity index (χ3n) is 3.71. The quantitative estimate of drug-likeness (QED) is 0.632. The van der Waals surface area contributed by atoms with Gasteiger partial charge < -0.3 is 19.9 Å². The van der Waals surface area contributed by atoms with Crippen molar-refractivity contribution in [2.24, 2.45) is 0 Å². The van der Waals surface area contributed by atoms with Crippen molar-refractivity contribution in [3.63, 3.8) is 0 Å². The molecule has 1 atom stereocenters. The Bertz CT molecular complexity index is 227. The van der Waals surface area contributed by atoms with E-state index >= 15 is 0 Å². The molecule has 19 heavy (non-hydrogen) atoms. The molecule has 0 bridgehead atoms. The highest BCUT2D eigenvalue weighted by Gasteiger charge is 2.26. The maximum Gasteiger partial charge on any atom is 0.0897 e. The number of nitrogens with one attached hydrogen (secondary N) is 1. The van der Waals surface area contributed by atoms with Crippen molar-refractivity contribution in [1.29, 1.82) is 0 Å². The van der Waals surface area contributed by atoms with E-state index in [4.69, 9.17) is 9.47 Å². The summed E-state index contributed by atoms with van der Waals surface area (Å²) in [6, 6.07) is 0. The first kappa shape index (κ1) is 16.9. The molecule has 0 spiro atoms. The molecule has 4 nitrogen and oxygen atoms in total. The summed E-state index contributed by atoms with van der Waals surface area (Å²) in [7, 11) is 0. The van der Waals surface area contributed by atoms with Crippen LogP contribution in [0.4, 0.5) is 0 Å². The average molecular weight is 273 g/mol. The molecule has 1 aliphatic carbocycles. The fraction of sp³-hybridized carbons (Fsp3) is 1.00. The van der Waals surface area contributed by atoms with Crippen molar-refractivity contribution < 1.29 is 14.6 Å². The molecule has 0 heterocycles. The zero-order valence-electron chi connectivity index (χ0n) is 12.8. The van der Waals surface area contributed by atoms with Crippen LogP contribution < -0.4 is 5.32 Å². The van der Waals surface area contributed by atoms with Gasteiger partial charge in [0.15, 0.2) is 0 Å². The maximum atomic E-state index is 9.87. The Kier molecular flexibility index (Phi) is 7.91. The minimum Gasteiger partial charge on any atom is -0.389 e. The fourth-order valence-electron chi connectivity index (χ4n) is 2.49. The summed E-state index contributed by atoms with van der Waals surface area (Å²) in [6.07, 6.45) is 6.16. The second kappa shape index (κ2) is 8.90. The Morgan fingerprint density at radius 1 is 1.16 bits per heavy atom. The first-order chi connectivity index (χ1) is 9.02. The number of β-amino-alcohol motifs (C(OH)–C–C–N with tert-alkyl or cyclic N) is 1. The fourth-order valence-corrected chi connectivity index (χ4v) is 2.49. The van der Waals surface area contributed by atoms with Gasteiger partial charge in [-0.05, 0) is 33.6 Å². The summed E-state index contributed by atoms with van der Waals surface area (Å²) in [4.78, 5) is 0. The van der Waals surface area contributed by atoms with Crippen LogP contribution >= 0.6 is 0 Å². The summed E-state index contributed by atoms with van der Waals surface area (Å²) in [5.41, 5.74) is 0.208. The van der Waals surface area contributed by atoms with Gasteiger partial charge in [-0.2, -0.15) is 0 Å². The monoisotopic (exact) mass is 273 g/mol. The number of aliphatic hydroxyl groups is 1. The van der Waals surface area contributed by atoms with E-state index in [2.05, 4.69) is 12.2 Å². The van der Waals surface area contributed by atoms with E-state index in [1.807, 2.05) is 13.8 Å². The Labute approximate surface area is 117 Å². The SMILES string of the molecule is CC(C)OCCOCC(O)CNC1(C)CCCCC1. The van der Waals surface area contributed by atoms with Gasteiger partial charge in [-0.15, -0.1) is 0 Å². The lowest BCUT2D eigenvalue weighted by Crippen LogP contribution is -2.47. The molecule has 0 aromatic rings. The molecular weight excluding hydrogens is 242 g/mol. The van der Waals surface area contributed by atoms with Crippen LogP contribution in [0.15, 0.2) is 0 Å². The van der Waals surface area contributed by atoms with Crippen molar-refractivity contribution in [3.05, 3.63) is 0 Å². The first-order valence-electron chi connectivity index (χ1n) is 7.64. The molecule has 2 N–H and O–H groups in total. The van der Waals surface area contributed by atoms with Gasteiger partial charge in [-0.1, -0.05) is 19.3 Å². The maximum absolute atomic E-state index is 9.87. The Morgan fingerprint density at radius 3 is 2.47 bits per heavy atom. The van der Waals surface area contributed by atoms with Crippen molar-refractivity contribution in [2.45, 2.75) is 70.6 Å². The van der Waals surface area contributed by atoms with Gasteiger partial charge in [0.05, 0.1) is 32.0 Å². The predicted molar refractivity (Wildman–Crippen MR) is 77.4 cm³/mol. The van der Waals surface area contributed by atoms with Crippen molar-refractivity contribution in [1.82, 2.24) is 5.32 Å². The number of rotatable bonds is 9. The summed E-state index contributed by atoms with van der Waals surface area (Å²) < 4.78 is 10.8. The molecule has 0 aromatic heterocycles. The average Bonchev–Trinajstić information content (AvgIpc) is 2.37. The molecule has 0 amide bonds. The summed E-state index contributed by atoms with van der Waals surface area (Å²) in [5.74, 6) is 0. The molecule has 114 valence electrons. The first-order valence-corrected chi connectivity index (χ1v) is 7.64. The molecule has 0 aliphatic heterocycles. The van der Waals surface area contributed by atoms with E-state index in [9.17, 15) is 5.11 Å². The second-order valence-electron chi connectivity index (χ2n) is 6.15. The lowest BCUT2D eigenvalue weighted by atomic mass is 9.83. The van der Waals surface area contributed by atoms with Gasteiger partial charge in [-0.3, -0.25) is 0 Å². The van der Waals surface area contributed by atoms with Gasteiger partial charge in [-0.25, -0.2) is 0 Å². The van der Waals surface area contributed by atoms with E-state index in [0.29, 0.717) is 26.4 Å². The van der Waals surface area contributed by atoms with Crippen LogP contribution in [0.5, 0.6) is 0 Å². The molecular formula is C15H31NO3. The zero-order valence-corrected chi connectivity index (χ0v) is 12.8. The zero-order chi connectivity index (χ0) is 14.1. The normalized spacial score (nSPS) is 20.7. The molecule has 1 unspecified atom stereocenters. The van der Waals surface area contributed by atoms with Crippen LogP contribution in [0.2, 0.25) is 0 Å². The summed E-state index contributed by atoms with van der Waals surface area (Å²) in [5, 5.41) is 13.4. The molecule has 1 fully saturated rings. The molecule has 0 radical (unpaired) electrons. The number of aliphatic hydroxyl groups excluding tert-OH is 1. The van der Waals surface area contributed by atoms with E-state index in [1.165, 1.54) is 32.1 Å². The van der Waals surface area contributed by atoms with Gasteiger partial charge in [0.1, 0.15) is 0 Å². The summed E-state index contributed by atoms with van der Waals surface area (Å²) >= 11 is 0. The van der Waals surface area contributed by atoms with E-state index in [1.54, 1.807) is 0 Å². The van der Waals surface area contributed by atoms with Crippen molar-refractivity contribution in [2.75, 3.05) is 26.4 Å². The van der Waals surface area contributed by atoms with E-state index in [-0.39, 0.29) is 11.6 Å². The highest BCUT2D eigenvalue weighted by atomic mass is 16.5. The molecule has 4 heteroatoms. The molecule has 1 aliphatic rings. The van der Waals surface area contributed by atoms with Gasteiger partial charge in [0, 0.05) is 12.1 Å². The minimum atomic E-state index is -0.433. The Balaban J connectivity index is 2.02. The third kappa shape index (κ3) is 7.88. The molecule has 0 saturated heterocycles. The number of hydrogen-bond acceptors (Lipinski definition) is 4. The number of ether oxygens (including phenoxy) is 2. The molecule has 0 aromatic carbocycles. The van der Waals surface area contributed by atoms with Crippen molar-refractivity contribution >= 4 is 0 Å². The minimum absolute atomic E-state index is 0.208. The number of hydrogen-bond donors (Lipinski definition) is 2. The van der Waals surface area contributed by atoms with Crippen LogP contribution in [0, 0.1) is 0 Å². The lowest BCUT2D eigenvalue weighted by Gasteiger charge is -2.35. The van der Waals surface area contributed by atoms with Crippen molar-refractivity contribution in [3.8, 4) is 0 Å². The van der Waals surface area contributed by atoms with Crippen LogP contribution in [-0.2, 0) is 9.47 Å². The van der Waals surface area contributed by atoms with Gasteiger partial charge in [0.25, 0.3) is 0 Å². The van der Waals surface area contributed by atoms with Crippen LogP contribution in [-0.4, -0.2) is 49.2 Å². The van der Waals surface area contributed by atoms with Crippen LogP contribution in [0.25, 0.3) is 0 Å². The van der Waals surface area contributed by atoms with Crippen LogP contribution in [0.3, 0.4) is 0 Å². The Morgan fingerprint density at radius 2 is 1.84 bits per heavy atom. The lowest BCUT2D eigenvalue weighted by molar-refractivity contribution is -0.0119. The highest BCUT2D eigenvalue weighted by molar-refractivity contribution is 4.86. The van der Waals surface area contributed by atoms with Gasteiger partial charge in [0.2, 0.25) is 0 Å². The van der Waals surface area contributed by atoms with E-state index in [0.717, 1.165) is 0 Å². The van der Waals surface area contributed by atoms with Gasteiger partial charge >= 0.3 is 0 Å². The third-order valence-corrected chi connectivity index (χ3v) is 3.71. The molecule has 1 saturated carbocycles. The second-order valence-corrected chi connectivity index (χ2v) is 6.15. The highest BCUT2D eigenvalue weighted by Crippen LogP contribution is 2.27. The summed E-state index contributed by atoms with van der Waals surface area (Å²) in [6.45, 7) is 8.40. The van der Waals surface area contributed by atoms with E-state index < -0.39 is 6.10 Å². The smallest absolute Gasteiger partial charge is 0.0897 e. The largest absolute Gasteiger partial charge is 0.389 e. The molecule has 1 rings (SSSR count). The predicted octanol–water partition coefficient (Wildman–Crippen LogP) is 2.10. The topological polar surface area (TPSA) is 50.7 Å². The standard InChI is InChI=1S/C15H31NO3/c1-13(2)19-10-9-18-12-14(17)11-16-15(3)7-5-4-6-8-15/h13-14,16-17H,4-12H2,1-3H3.